The molecule has 1 atom stereocenters. The van der Waals surface area contributed by atoms with E-state index in [1.807, 2.05) is 31.4 Å². The Morgan fingerprint density at radius 3 is 2.68 bits per heavy atom. The van der Waals surface area contributed by atoms with Gasteiger partial charge in [-0.15, -0.1) is 11.3 Å². The van der Waals surface area contributed by atoms with Crippen LogP contribution in [0, 0.1) is 13.8 Å². The summed E-state index contributed by atoms with van der Waals surface area (Å²) in [4.78, 5) is 36.2. The fourth-order valence-corrected chi connectivity index (χ4v) is 3.65. The predicted octanol–water partition coefficient (Wildman–Crippen LogP) is 3.31. The Morgan fingerprint density at radius 2 is 2.00 bits per heavy atom. The molecule has 0 aliphatic rings. The van der Waals surface area contributed by atoms with Crippen molar-refractivity contribution in [2.75, 3.05) is 0 Å². The number of rotatable bonds is 6. The van der Waals surface area contributed by atoms with E-state index in [1.54, 1.807) is 12.1 Å². The summed E-state index contributed by atoms with van der Waals surface area (Å²) in [5, 5.41) is 5.11. The quantitative estimate of drug-likeness (QED) is 0.487. The molecule has 0 aliphatic heterocycles. The molecule has 8 heteroatoms. The van der Waals surface area contributed by atoms with Gasteiger partial charge in [-0.05, 0) is 48.6 Å². The molecular formula is C20H20N2O5S. The van der Waals surface area contributed by atoms with Gasteiger partial charge in [-0.1, -0.05) is 6.07 Å². The molecule has 3 N–H and O–H groups in total. The van der Waals surface area contributed by atoms with Gasteiger partial charge in [0.15, 0.2) is 0 Å². The maximum atomic E-state index is 12.3. The Labute approximate surface area is 165 Å². The van der Waals surface area contributed by atoms with Gasteiger partial charge >= 0.3 is 17.6 Å². The van der Waals surface area contributed by atoms with Gasteiger partial charge < -0.3 is 20.2 Å². The van der Waals surface area contributed by atoms with Crippen LogP contribution in [0.5, 0.6) is 0 Å². The monoisotopic (exact) mass is 400 g/mol. The zero-order valence-corrected chi connectivity index (χ0v) is 16.3. The standard InChI is InChI=1S/C20H20N2O5S/c1-11-6-14-13(8-19(24)27-16(14)7-12(11)2)10-26-18(23)9-15(22-20(21)25)17-4-3-5-28-17/h3-8,15H,9-10H2,1-2H3,(H3,21,22,25)/t15-/m0/s1. The third kappa shape index (κ3) is 4.58. The smallest absolute Gasteiger partial charge is 0.336 e. The minimum absolute atomic E-state index is 0.0685. The van der Waals surface area contributed by atoms with Crippen LogP contribution in [0.4, 0.5) is 4.79 Å². The van der Waals surface area contributed by atoms with Crippen LogP contribution in [-0.2, 0) is 16.1 Å². The number of carbonyl (C=O) groups excluding carboxylic acids is 2. The molecule has 0 saturated heterocycles. The van der Waals surface area contributed by atoms with Crippen LogP contribution in [0.3, 0.4) is 0 Å². The molecule has 7 nitrogen and oxygen atoms in total. The second-order valence-corrected chi connectivity index (χ2v) is 7.44. The van der Waals surface area contributed by atoms with Gasteiger partial charge in [0, 0.05) is 21.9 Å². The second-order valence-electron chi connectivity index (χ2n) is 6.46. The third-order valence-electron chi connectivity index (χ3n) is 4.41. The molecule has 0 aliphatic carbocycles. The lowest BCUT2D eigenvalue weighted by molar-refractivity contribution is -0.145. The van der Waals surface area contributed by atoms with Gasteiger partial charge in [0.05, 0.1) is 12.5 Å². The number of thiophene rings is 1. The largest absolute Gasteiger partial charge is 0.461 e. The highest BCUT2D eigenvalue weighted by atomic mass is 32.1. The average molecular weight is 400 g/mol. The molecular weight excluding hydrogens is 380 g/mol. The van der Waals surface area contributed by atoms with Crippen molar-refractivity contribution in [3.8, 4) is 0 Å². The molecule has 0 unspecified atom stereocenters. The Bertz CT molecular complexity index is 1070. The molecule has 0 radical (unpaired) electrons. The van der Waals surface area contributed by atoms with Crippen molar-refractivity contribution in [2.45, 2.75) is 32.9 Å². The van der Waals surface area contributed by atoms with Crippen LogP contribution in [-0.4, -0.2) is 12.0 Å². The maximum Gasteiger partial charge on any atom is 0.336 e. The maximum absolute atomic E-state index is 12.3. The first-order valence-electron chi connectivity index (χ1n) is 8.62. The number of benzene rings is 1. The van der Waals surface area contributed by atoms with E-state index in [4.69, 9.17) is 14.9 Å². The Balaban J connectivity index is 1.76. The van der Waals surface area contributed by atoms with Crippen molar-refractivity contribution in [1.29, 1.82) is 0 Å². The SMILES string of the molecule is Cc1cc2oc(=O)cc(COC(=O)C[C@H](NC(N)=O)c3cccs3)c2cc1C. The zero-order chi connectivity index (χ0) is 20.3. The summed E-state index contributed by atoms with van der Waals surface area (Å²) < 4.78 is 10.6. The van der Waals surface area contributed by atoms with Crippen molar-refractivity contribution < 1.29 is 18.7 Å². The summed E-state index contributed by atoms with van der Waals surface area (Å²) in [6.07, 6.45) is -0.0685. The molecule has 0 fully saturated rings. The van der Waals surface area contributed by atoms with Crippen molar-refractivity contribution in [2.24, 2.45) is 5.73 Å². The molecule has 2 aromatic heterocycles. The van der Waals surface area contributed by atoms with E-state index in [0.717, 1.165) is 21.4 Å². The number of hydrogen-bond acceptors (Lipinski definition) is 6. The molecule has 28 heavy (non-hydrogen) atoms. The molecule has 0 spiro atoms. The van der Waals surface area contributed by atoms with E-state index in [2.05, 4.69) is 5.32 Å². The summed E-state index contributed by atoms with van der Waals surface area (Å²) in [6, 6.07) is 7.36. The lowest BCUT2D eigenvalue weighted by Gasteiger charge is -2.15. The number of amides is 2. The minimum Gasteiger partial charge on any atom is -0.461 e. The van der Waals surface area contributed by atoms with Crippen molar-refractivity contribution >= 4 is 34.3 Å². The fourth-order valence-electron chi connectivity index (χ4n) is 2.87. The lowest BCUT2D eigenvalue weighted by Crippen LogP contribution is -2.34. The van der Waals surface area contributed by atoms with Crippen molar-refractivity contribution in [1.82, 2.24) is 5.32 Å². The number of carbonyl (C=O) groups is 2. The molecule has 3 rings (SSSR count). The number of esters is 1. The van der Waals surface area contributed by atoms with E-state index in [1.165, 1.54) is 17.4 Å². The van der Waals surface area contributed by atoms with Crippen LogP contribution < -0.4 is 16.7 Å². The summed E-state index contributed by atoms with van der Waals surface area (Å²) in [7, 11) is 0. The van der Waals surface area contributed by atoms with Crippen LogP contribution in [0.25, 0.3) is 11.0 Å². The predicted molar refractivity (Wildman–Crippen MR) is 106 cm³/mol. The number of nitrogens with two attached hydrogens (primary N) is 1. The minimum atomic E-state index is -0.719. The van der Waals surface area contributed by atoms with Crippen LogP contribution in [0.15, 0.2) is 44.9 Å². The third-order valence-corrected chi connectivity index (χ3v) is 5.39. The van der Waals surface area contributed by atoms with E-state index in [-0.39, 0.29) is 13.0 Å². The average Bonchev–Trinajstić information content (AvgIpc) is 3.15. The Morgan fingerprint density at radius 1 is 1.25 bits per heavy atom. The molecule has 0 saturated carbocycles. The van der Waals surface area contributed by atoms with Crippen LogP contribution in [0.2, 0.25) is 0 Å². The normalized spacial score (nSPS) is 11.9. The molecule has 0 bridgehead atoms. The highest BCUT2D eigenvalue weighted by Gasteiger charge is 2.20. The van der Waals surface area contributed by atoms with Gasteiger partial charge in [0.2, 0.25) is 0 Å². The van der Waals surface area contributed by atoms with Crippen LogP contribution in [0.1, 0.15) is 34.0 Å². The van der Waals surface area contributed by atoms with Gasteiger partial charge in [-0.25, -0.2) is 9.59 Å². The highest BCUT2D eigenvalue weighted by Crippen LogP contribution is 2.24. The van der Waals surface area contributed by atoms with Crippen molar-refractivity contribution in [3.63, 3.8) is 0 Å². The highest BCUT2D eigenvalue weighted by molar-refractivity contribution is 7.10. The second kappa shape index (κ2) is 8.26. The van der Waals surface area contributed by atoms with Gasteiger partial charge in [-0.2, -0.15) is 0 Å². The van der Waals surface area contributed by atoms with Crippen LogP contribution >= 0.6 is 11.3 Å². The molecule has 1 aromatic carbocycles. The number of aryl methyl sites for hydroxylation is 2. The summed E-state index contributed by atoms with van der Waals surface area (Å²) in [6.45, 7) is 3.81. The number of primary amides is 1. The first kappa shape index (κ1) is 19.6. The van der Waals surface area contributed by atoms with E-state index >= 15 is 0 Å². The fraction of sp³-hybridized carbons (Fsp3) is 0.250. The summed E-state index contributed by atoms with van der Waals surface area (Å²) in [5.74, 6) is -0.516. The van der Waals surface area contributed by atoms with E-state index < -0.39 is 23.7 Å². The van der Waals surface area contributed by atoms with E-state index in [9.17, 15) is 14.4 Å². The van der Waals surface area contributed by atoms with Gasteiger partial charge in [0.25, 0.3) is 0 Å². The number of hydrogen-bond donors (Lipinski definition) is 2. The Kier molecular flexibility index (Phi) is 5.79. The molecule has 2 heterocycles. The topological polar surface area (TPSA) is 112 Å². The number of nitrogens with one attached hydrogen (secondary N) is 1. The molecule has 3 aromatic rings. The zero-order valence-electron chi connectivity index (χ0n) is 15.5. The molecule has 146 valence electrons. The first-order valence-corrected chi connectivity index (χ1v) is 9.50. The van der Waals surface area contributed by atoms with E-state index in [0.29, 0.717) is 11.1 Å². The number of ether oxygens (including phenoxy) is 1. The molecule has 2 amide bonds. The summed E-state index contributed by atoms with van der Waals surface area (Å²) >= 11 is 1.40. The summed E-state index contributed by atoms with van der Waals surface area (Å²) in [5.41, 5.74) is 7.76. The Hall–Kier alpha value is -3.13. The van der Waals surface area contributed by atoms with Gasteiger partial charge in [0.1, 0.15) is 12.2 Å². The first-order chi connectivity index (χ1) is 13.3. The number of fused-ring (bicyclic) bond motifs is 1. The van der Waals surface area contributed by atoms with Gasteiger partial charge in [-0.3, -0.25) is 4.79 Å². The number of urea groups is 1. The lowest BCUT2D eigenvalue weighted by atomic mass is 10.0. The van der Waals surface area contributed by atoms with Crippen molar-refractivity contribution in [3.05, 3.63) is 67.7 Å².